The molecule has 2 aliphatic rings. The van der Waals surface area contributed by atoms with Crippen LogP contribution in [0.25, 0.3) is 0 Å². The topological polar surface area (TPSA) is 80.8 Å². The Bertz CT molecular complexity index is 1200. The molecule has 0 spiro atoms. The van der Waals surface area contributed by atoms with Crippen LogP contribution in [0, 0.1) is 0 Å². The van der Waals surface area contributed by atoms with E-state index in [2.05, 4.69) is 10.3 Å². The molecule has 0 radical (unpaired) electrons. The lowest BCUT2D eigenvalue weighted by Crippen LogP contribution is -2.35. The summed E-state index contributed by atoms with van der Waals surface area (Å²) >= 11 is 1.46. The highest BCUT2D eigenvalue weighted by Gasteiger charge is 2.25. The molecule has 168 valence electrons. The Kier molecular flexibility index (Phi) is 5.92. The molecule has 1 N–H and O–H groups in total. The predicted octanol–water partition coefficient (Wildman–Crippen LogP) is 3.98. The molecule has 1 atom stereocenters. The molecule has 1 unspecified atom stereocenters. The zero-order valence-corrected chi connectivity index (χ0v) is 18.9. The Morgan fingerprint density at radius 3 is 2.73 bits per heavy atom. The number of ether oxygens (including phenoxy) is 2. The van der Waals surface area contributed by atoms with Crippen LogP contribution in [0.15, 0.2) is 65.8 Å². The van der Waals surface area contributed by atoms with Crippen LogP contribution >= 0.6 is 11.8 Å². The van der Waals surface area contributed by atoms with E-state index in [0.29, 0.717) is 36.8 Å². The van der Waals surface area contributed by atoms with Gasteiger partial charge in [-0.05, 0) is 54.4 Å². The van der Waals surface area contributed by atoms with Crippen molar-refractivity contribution in [2.45, 2.75) is 24.5 Å². The molecule has 3 aromatic rings. The van der Waals surface area contributed by atoms with Crippen molar-refractivity contribution >= 4 is 29.3 Å². The summed E-state index contributed by atoms with van der Waals surface area (Å²) in [5.41, 5.74) is 3.28. The van der Waals surface area contributed by atoms with E-state index in [0.717, 1.165) is 27.6 Å². The number of nitrogens with one attached hydrogen (secondary N) is 1. The maximum Gasteiger partial charge on any atom is 0.251 e. The fourth-order valence-electron chi connectivity index (χ4n) is 3.85. The number of fused-ring (bicyclic) bond motifs is 2. The molecule has 2 aromatic carbocycles. The molecule has 0 aliphatic carbocycles. The lowest BCUT2D eigenvalue weighted by Gasteiger charge is -2.28. The van der Waals surface area contributed by atoms with Gasteiger partial charge in [0.05, 0.1) is 24.0 Å². The number of amides is 2. The average Bonchev–Trinajstić information content (AvgIpc) is 2.86. The van der Waals surface area contributed by atoms with Gasteiger partial charge in [-0.2, -0.15) is 0 Å². The summed E-state index contributed by atoms with van der Waals surface area (Å²) in [6, 6.07) is 16.6. The first-order valence-electron chi connectivity index (χ1n) is 10.8. The highest BCUT2D eigenvalue weighted by Crippen LogP contribution is 2.34. The summed E-state index contributed by atoms with van der Waals surface area (Å²) in [4.78, 5) is 31.4. The van der Waals surface area contributed by atoms with Gasteiger partial charge < -0.3 is 19.7 Å². The number of hydrogen-bond donors (Lipinski definition) is 1. The second kappa shape index (κ2) is 9.15. The Morgan fingerprint density at radius 1 is 1.12 bits per heavy atom. The van der Waals surface area contributed by atoms with Gasteiger partial charge in [0.2, 0.25) is 5.91 Å². The van der Waals surface area contributed by atoms with Crippen molar-refractivity contribution in [3.8, 4) is 11.5 Å². The van der Waals surface area contributed by atoms with Crippen molar-refractivity contribution in [2.24, 2.45) is 0 Å². The van der Waals surface area contributed by atoms with E-state index in [1.54, 1.807) is 23.2 Å². The molecule has 33 heavy (non-hydrogen) atoms. The van der Waals surface area contributed by atoms with E-state index in [1.165, 1.54) is 11.8 Å². The number of hydrogen-bond acceptors (Lipinski definition) is 6. The van der Waals surface area contributed by atoms with Gasteiger partial charge in [0, 0.05) is 11.8 Å². The lowest BCUT2D eigenvalue weighted by molar-refractivity contribution is -0.116. The third kappa shape index (κ3) is 4.52. The quantitative estimate of drug-likeness (QED) is 0.619. The number of rotatable bonds is 5. The Balaban J connectivity index is 1.25. The minimum Gasteiger partial charge on any atom is -0.486 e. The molecular formula is C25H23N3O4S. The summed E-state index contributed by atoms with van der Waals surface area (Å²) in [5.74, 6) is 1.69. The first kappa shape index (κ1) is 21.3. The summed E-state index contributed by atoms with van der Waals surface area (Å²) in [6.45, 7) is 3.44. The number of nitrogens with zero attached hydrogens (tertiary/aromatic N) is 2. The number of carbonyl (C=O) groups is 2. The van der Waals surface area contributed by atoms with Gasteiger partial charge in [-0.25, -0.2) is 4.98 Å². The molecular weight excluding hydrogens is 438 g/mol. The average molecular weight is 462 g/mol. The Morgan fingerprint density at radius 2 is 1.91 bits per heavy atom. The fraction of sp³-hybridized carbons (Fsp3) is 0.240. The van der Waals surface area contributed by atoms with Crippen LogP contribution in [0.4, 0.5) is 5.69 Å². The van der Waals surface area contributed by atoms with Crippen molar-refractivity contribution in [3.63, 3.8) is 0 Å². The van der Waals surface area contributed by atoms with Crippen LogP contribution in [0.5, 0.6) is 11.5 Å². The molecule has 8 heteroatoms. The normalized spacial score (nSPS) is 15.5. The number of pyridine rings is 1. The van der Waals surface area contributed by atoms with Crippen molar-refractivity contribution in [3.05, 3.63) is 77.5 Å². The highest BCUT2D eigenvalue weighted by molar-refractivity contribution is 8.00. The molecule has 1 aromatic heterocycles. The van der Waals surface area contributed by atoms with E-state index < -0.39 is 0 Å². The first-order chi connectivity index (χ1) is 16.1. The van der Waals surface area contributed by atoms with Gasteiger partial charge in [-0.15, -0.1) is 0 Å². The monoisotopic (exact) mass is 461 g/mol. The zero-order valence-electron chi connectivity index (χ0n) is 18.1. The van der Waals surface area contributed by atoms with Gasteiger partial charge >= 0.3 is 0 Å². The molecule has 0 bridgehead atoms. The molecule has 2 amide bonds. The predicted molar refractivity (Wildman–Crippen MR) is 126 cm³/mol. The first-order valence-corrected chi connectivity index (χ1v) is 11.7. The van der Waals surface area contributed by atoms with Crippen LogP contribution in [0.3, 0.4) is 0 Å². The molecule has 7 nitrogen and oxygen atoms in total. The van der Waals surface area contributed by atoms with E-state index >= 15 is 0 Å². The third-order valence-electron chi connectivity index (χ3n) is 5.65. The number of anilines is 1. The largest absolute Gasteiger partial charge is 0.486 e. The minimum absolute atomic E-state index is 0.0515. The zero-order chi connectivity index (χ0) is 22.8. The molecule has 0 saturated carbocycles. The van der Waals surface area contributed by atoms with Gasteiger partial charge in [0.15, 0.2) is 11.5 Å². The van der Waals surface area contributed by atoms with Gasteiger partial charge in [0.1, 0.15) is 18.2 Å². The SMILES string of the molecule is CC(NC(=O)c1ccc(CN2C(=O)CSc3ncccc32)cc1)c1ccc2c(c1)OCCO2. The second-order valence-corrected chi connectivity index (χ2v) is 8.86. The van der Waals surface area contributed by atoms with Gasteiger partial charge in [-0.3, -0.25) is 9.59 Å². The molecule has 2 aliphatic heterocycles. The summed E-state index contributed by atoms with van der Waals surface area (Å²) in [7, 11) is 0. The van der Waals surface area contributed by atoms with Gasteiger partial charge in [0.25, 0.3) is 5.91 Å². The van der Waals surface area contributed by atoms with Crippen LogP contribution < -0.4 is 19.7 Å². The van der Waals surface area contributed by atoms with E-state index in [1.807, 2.05) is 49.4 Å². The molecule has 5 rings (SSSR count). The number of thioether (sulfide) groups is 1. The number of benzene rings is 2. The highest BCUT2D eigenvalue weighted by atomic mass is 32.2. The maximum atomic E-state index is 12.8. The van der Waals surface area contributed by atoms with Crippen LogP contribution in [0.2, 0.25) is 0 Å². The second-order valence-electron chi connectivity index (χ2n) is 7.89. The smallest absolute Gasteiger partial charge is 0.251 e. The number of aromatic nitrogens is 1. The summed E-state index contributed by atoms with van der Waals surface area (Å²) < 4.78 is 11.2. The van der Waals surface area contributed by atoms with Crippen molar-refractivity contribution in [1.82, 2.24) is 10.3 Å². The Hall–Kier alpha value is -3.52. The van der Waals surface area contributed by atoms with E-state index in [4.69, 9.17) is 9.47 Å². The van der Waals surface area contributed by atoms with Crippen LogP contribution in [-0.2, 0) is 11.3 Å². The molecule has 3 heterocycles. The lowest BCUT2D eigenvalue weighted by atomic mass is 10.1. The van der Waals surface area contributed by atoms with Crippen LogP contribution in [0.1, 0.15) is 34.5 Å². The van der Waals surface area contributed by atoms with E-state index in [-0.39, 0.29) is 17.9 Å². The van der Waals surface area contributed by atoms with Crippen molar-refractivity contribution in [2.75, 3.05) is 23.9 Å². The minimum atomic E-state index is -0.194. The fourth-order valence-corrected chi connectivity index (χ4v) is 4.73. The van der Waals surface area contributed by atoms with E-state index in [9.17, 15) is 9.59 Å². The van der Waals surface area contributed by atoms with Crippen molar-refractivity contribution in [1.29, 1.82) is 0 Å². The summed E-state index contributed by atoms with van der Waals surface area (Å²) in [6.07, 6.45) is 1.74. The maximum absolute atomic E-state index is 12.8. The van der Waals surface area contributed by atoms with Crippen molar-refractivity contribution < 1.29 is 19.1 Å². The standard InChI is InChI=1S/C25H23N3O4S/c1-16(19-8-9-21-22(13-19)32-12-11-31-21)27-24(30)18-6-4-17(5-7-18)14-28-20-3-2-10-26-25(20)33-15-23(28)29/h2-10,13,16H,11-12,14-15H2,1H3,(H,27,30). The molecule has 0 fully saturated rings. The summed E-state index contributed by atoms with van der Waals surface area (Å²) in [5, 5.41) is 3.89. The molecule has 0 saturated heterocycles. The third-order valence-corrected chi connectivity index (χ3v) is 6.63. The van der Waals surface area contributed by atoms with Crippen LogP contribution in [-0.4, -0.2) is 35.8 Å². The number of carbonyl (C=O) groups excluding carboxylic acids is 2. The van der Waals surface area contributed by atoms with Gasteiger partial charge in [-0.1, -0.05) is 30.0 Å². The Labute approximate surface area is 196 Å².